The molecule has 0 fully saturated rings. The summed E-state index contributed by atoms with van der Waals surface area (Å²) in [5, 5.41) is 11.9. The van der Waals surface area contributed by atoms with Crippen LogP contribution >= 0.6 is 0 Å². The minimum Gasteiger partial charge on any atom is -0.475 e. The van der Waals surface area contributed by atoms with Crippen molar-refractivity contribution in [1.82, 2.24) is 10.3 Å². The van der Waals surface area contributed by atoms with Gasteiger partial charge in [0.05, 0.1) is 19.3 Å². The quantitative estimate of drug-likeness (QED) is 0.842. The Kier molecular flexibility index (Phi) is 3.47. The molecular weight excluding hydrogens is 236 g/mol. The van der Waals surface area contributed by atoms with Crippen LogP contribution in [0.15, 0.2) is 21.1 Å². The van der Waals surface area contributed by atoms with E-state index in [2.05, 4.69) is 10.3 Å². The third-order valence-corrected chi connectivity index (χ3v) is 2.41. The van der Waals surface area contributed by atoms with E-state index < -0.39 is 5.97 Å². The van der Waals surface area contributed by atoms with Crippen LogP contribution < -0.4 is 5.32 Å². The maximum Gasteiger partial charge on any atom is 0.372 e. The molecule has 0 aliphatic rings. The molecule has 0 saturated heterocycles. The van der Waals surface area contributed by atoms with Crippen LogP contribution in [0.3, 0.4) is 0 Å². The summed E-state index contributed by atoms with van der Waals surface area (Å²) < 4.78 is 10.5. The van der Waals surface area contributed by atoms with E-state index in [0.29, 0.717) is 30.3 Å². The Labute approximate surface area is 104 Å². The number of aryl methyl sites for hydroxylation is 2. The molecule has 0 unspecified atom stereocenters. The fraction of sp³-hybridized carbons (Fsp3) is 0.333. The van der Waals surface area contributed by atoms with Gasteiger partial charge in [-0.3, -0.25) is 0 Å². The number of hydrogen-bond acceptors (Lipinski definition) is 5. The first kappa shape index (κ1) is 12.4. The van der Waals surface area contributed by atoms with Gasteiger partial charge in [0, 0.05) is 5.56 Å². The number of carbonyl (C=O) groups is 1. The fourth-order valence-electron chi connectivity index (χ4n) is 1.62. The summed E-state index contributed by atoms with van der Waals surface area (Å²) in [5.74, 6) is 0.858. The van der Waals surface area contributed by atoms with Crippen LogP contribution in [-0.4, -0.2) is 16.1 Å². The lowest BCUT2D eigenvalue weighted by Crippen LogP contribution is -2.12. The fourth-order valence-corrected chi connectivity index (χ4v) is 1.62. The zero-order chi connectivity index (χ0) is 13.1. The van der Waals surface area contributed by atoms with E-state index in [1.165, 1.54) is 0 Å². The summed E-state index contributed by atoms with van der Waals surface area (Å²) >= 11 is 0. The van der Waals surface area contributed by atoms with E-state index in [-0.39, 0.29) is 5.76 Å². The number of rotatable bonds is 5. The lowest BCUT2D eigenvalue weighted by molar-refractivity contribution is 0.0659. The van der Waals surface area contributed by atoms with Crippen molar-refractivity contribution in [2.24, 2.45) is 0 Å². The molecule has 2 aromatic rings. The molecule has 2 rings (SSSR count). The summed E-state index contributed by atoms with van der Waals surface area (Å²) in [6.07, 6.45) is 1.65. The molecule has 0 aliphatic heterocycles. The molecule has 0 aliphatic carbocycles. The van der Waals surface area contributed by atoms with Gasteiger partial charge in [0.2, 0.25) is 11.7 Å². The zero-order valence-corrected chi connectivity index (χ0v) is 10.2. The third-order valence-electron chi connectivity index (χ3n) is 2.41. The van der Waals surface area contributed by atoms with Crippen molar-refractivity contribution in [3.8, 4) is 0 Å². The van der Waals surface area contributed by atoms with Gasteiger partial charge in [-0.1, -0.05) is 0 Å². The minimum absolute atomic E-state index is 0.0150. The van der Waals surface area contributed by atoms with Gasteiger partial charge in [0.15, 0.2) is 0 Å². The molecular formula is C12H14N2O4. The van der Waals surface area contributed by atoms with Crippen molar-refractivity contribution in [3.05, 3.63) is 41.0 Å². The summed E-state index contributed by atoms with van der Waals surface area (Å²) in [5.41, 5.74) is 0.617. The second kappa shape index (κ2) is 5.05. The lowest BCUT2D eigenvalue weighted by Gasteiger charge is -1.98. The van der Waals surface area contributed by atoms with Crippen LogP contribution in [0, 0.1) is 13.8 Å². The van der Waals surface area contributed by atoms with E-state index in [1.807, 2.05) is 6.92 Å². The highest BCUT2D eigenvalue weighted by Gasteiger charge is 2.13. The Hall–Kier alpha value is -2.08. The number of nitrogens with zero attached hydrogens (tertiary/aromatic N) is 1. The van der Waals surface area contributed by atoms with Gasteiger partial charge in [0.25, 0.3) is 0 Å². The maximum atomic E-state index is 10.8. The van der Waals surface area contributed by atoms with Crippen LogP contribution in [0.4, 0.5) is 0 Å². The topological polar surface area (TPSA) is 88.5 Å². The van der Waals surface area contributed by atoms with E-state index in [0.717, 1.165) is 5.76 Å². The Morgan fingerprint density at radius 2 is 2.17 bits per heavy atom. The normalized spacial score (nSPS) is 10.8. The number of aromatic nitrogens is 1. The van der Waals surface area contributed by atoms with Gasteiger partial charge in [-0.15, -0.1) is 0 Å². The van der Waals surface area contributed by atoms with Crippen LogP contribution in [0.2, 0.25) is 0 Å². The number of carboxylic acid groups (broad SMARTS) is 1. The first-order valence-electron chi connectivity index (χ1n) is 5.51. The van der Waals surface area contributed by atoms with E-state index in [9.17, 15) is 4.79 Å². The largest absolute Gasteiger partial charge is 0.475 e. The van der Waals surface area contributed by atoms with Crippen molar-refractivity contribution < 1.29 is 18.7 Å². The number of nitrogens with one attached hydrogen (secondary N) is 1. The van der Waals surface area contributed by atoms with Crippen LogP contribution in [0.1, 0.15) is 33.5 Å². The van der Waals surface area contributed by atoms with Crippen molar-refractivity contribution in [2.75, 3.05) is 0 Å². The van der Waals surface area contributed by atoms with Crippen molar-refractivity contribution >= 4 is 5.97 Å². The van der Waals surface area contributed by atoms with Crippen molar-refractivity contribution in [1.29, 1.82) is 0 Å². The van der Waals surface area contributed by atoms with Gasteiger partial charge < -0.3 is 19.3 Å². The van der Waals surface area contributed by atoms with Gasteiger partial charge >= 0.3 is 5.97 Å². The molecule has 18 heavy (non-hydrogen) atoms. The molecule has 2 heterocycles. The molecule has 2 aromatic heterocycles. The standard InChI is InChI=1S/C12H14N2O4/c1-7-3-9(18-11(7)12(15)16)5-13-6-10-14-4-8(2)17-10/h3-4,13H,5-6H2,1-2H3,(H,15,16). The number of aromatic carboxylic acids is 1. The lowest BCUT2D eigenvalue weighted by atomic mass is 10.2. The molecule has 2 N–H and O–H groups in total. The number of hydrogen-bond donors (Lipinski definition) is 2. The molecule has 0 radical (unpaired) electrons. The summed E-state index contributed by atoms with van der Waals surface area (Å²) in [4.78, 5) is 14.8. The highest BCUT2D eigenvalue weighted by Crippen LogP contribution is 2.14. The predicted octanol–water partition coefficient (Wildman–Crippen LogP) is 1.87. The molecule has 0 saturated carbocycles. The van der Waals surface area contributed by atoms with Gasteiger partial charge in [-0.2, -0.15) is 0 Å². The summed E-state index contributed by atoms with van der Waals surface area (Å²) in [6, 6.07) is 1.71. The van der Waals surface area contributed by atoms with E-state index in [4.69, 9.17) is 13.9 Å². The van der Waals surface area contributed by atoms with E-state index >= 15 is 0 Å². The smallest absolute Gasteiger partial charge is 0.372 e. The number of carboxylic acids is 1. The maximum absolute atomic E-state index is 10.8. The average Bonchev–Trinajstić information content (AvgIpc) is 2.85. The molecule has 0 bridgehead atoms. The second-order valence-corrected chi connectivity index (χ2v) is 4.00. The van der Waals surface area contributed by atoms with Crippen LogP contribution in [-0.2, 0) is 13.1 Å². The van der Waals surface area contributed by atoms with Crippen molar-refractivity contribution in [2.45, 2.75) is 26.9 Å². The van der Waals surface area contributed by atoms with Gasteiger partial charge in [0.1, 0.15) is 11.5 Å². The Morgan fingerprint density at radius 1 is 1.39 bits per heavy atom. The molecule has 0 amide bonds. The Balaban J connectivity index is 1.90. The Bertz CT molecular complexity index is 556. The first-order valence-corrected chi connectivity index (χ1v) is 5.51. The van der Waals surface area contributed by atoms with Crippen LogP contribution in [0.5, 0.6) is 0 Å². The minimum atomic E-state index is -1.05. The molecule has 0 aromatic carbocycles. The van der Waals surface area contributed by atoms with Crippen LogP contribution in [0.25, 0.3) is 0 Å². The zero-order valence-electron chi connectivity index (χ0n) is 10.2. The number of furan rings is 1. The molecule has 6 nitrogen and oxygen atoms in total. The summed E-state index contributed by atoms with van der Waals surface area (Å²) in [7, 11) is 0. The predicted molar refractivity (Wildman–Crippen MR) is 62.2 cm³/mol. The molecule has 96 valence electrons. The summed E-state index contributed by atoms with van der Waals surface area (Å²) in [6.45, 7) is 4.42. The average molecular weight is 250 g/mol. The Morgan fingerprint density at radius 3 is 2.72 bits per heavy atom. The highest BCUT2D eigenvalue weighted by molar-refractivity contribution is 5.86. The van der Waals surface area contributed by atoms with Gasteiger partial charge in [-0.25, -0.2) is 9.78 Å². The SMILES string of the molecule is Cc1cnc(CNCc2cc(C)c(C(=O)O)o2)o1. The monoisotopic (exact) mass is 250 g/mol. The highest BCUT2D eigenvalue weighted by atomic mass is 16.4. The van der Waals surface area contributed by atoms with Gasteiger partial charge in [-0.05, 0) is 19.9 Å². The van der Waals surface area contributed by atoms with E-state index in [1.54, 1.807) is 19.2 Å². The third kappa shape index (κ3) is 2.78. The second-order valence-electron chi connectivity index (χ2n) is 4.00. The number of oxazole rings is 1. The molecule has 0 atom stereocenters. The van der Waals surface area contributed by atoms with Crippen molar-refractivity contribution in [3.63, 3.8) is 0 Å². The molecule has 0 spiro atoms. The molecule has 6 heteroatoms. The first-order chi connectivity index (χ1) is 8.56.